The van der Waals surface area contributed by atoms with Crippen molar-refractivity contribution in [2.75, 3.05) is 26.2 Å². The summed E-state index contributed by atoms with van der Waals surface area (Å²) in [5.74, 6) is 0.804. The first-order chi connectivity index (χ1) is 13.5. The van der Waals surface area contributed by atoms with Gasteiger partial charge in [0.1, 0.15) is 11.6 Å². The quantitative estimate of drug-likeness (QED) is 0.877. The van der Waals surface area contributed by atoms with Crippen LogP contribution in [0.5, 0.6) is 0 Å². The Morgan fingerprint density at radius 1 is 1.18 bits per heavy atom. The van der Waals surface area contributed by atoms with Crippen LogP contribution in [0.1, 0.15) is 37.0 Å². The predicted molar refractivity (Wildman–Crippen MR) is 103 cm³/mol. The lowest BCUT2D eigenvalue weighted by molar-refractivity contribution is -0.142. The van der Waals surface area contributed by atoms with Gasteiger partial charge in [0.15, 0.2) is 0 Å². The number of hydrogen-bond acceptors (Lipinski definition) is 4. The molecule has 2 fully saturated rings. The molecule has 150 valence electrons. The fourth-order valence-corrected chi connectivity index (χ4v) is 4.43. The highest BCUT2D eigenvalue weighted by Crippen LogP contribution is 2.34. The number of carbonyl (C=O) groups excluding carboxylic acids is 1. The average Bonchev–Trinajstić information content (AvgIpc) is 3.22. The Kier molecular flexibility index (Phi) is 5.51. The number of halogens is 1. The van der Waals surface area contributed by atoms with E-state index in [1.807, 2.05) is 17.0 Å². The maximum Gasteiger partial charge on any atom is 0.226 e. The van der Waals surface area contributed by atoms with E-state index in [-0.39, 0.29) is 17.6 Å². The molecule has 1 amide bonds. The van der Waals surface area contributed by atoms with Gasteiger partial charge in [0.25, 0.3) is 0 Å². The molecule has 0 saturated carbocycles. The number of rotatable bonds is 4. The van der Waals surface area contributed by atoms with Crippen molar-refractivity contribution in [2.24, 2.45) is 5.92 Å². The maximum atomic E-state index is 13.2. The van der Waals surface area contributed by atoms with Crippen LogP contribution >= 0.6 is 0 Å². The molecular formula is C22H27FN2O3. The molecule has 3 heterocycles. The summed E-state index contributed by atoms with van der Waals surface area (Å²) >= 11 is 0. The summed E-state index contributed by atoms with van der Waals surface area (Å²) in [6, 6.07) is 9.88. The fourth-order valence-electron chi connectivity index (χ4n) is 4.43. The van der Waals surface area contributed by atoms with Crippen LogP contribution in [0, 0.1) is 11.7 Å². The molecule has 5 nitrogen and oxygen atoms in total. The SMILES string of the molecule is O=C([C@H]1CCCN(Cc2ccco2)C1)N1CCC(O)(c2ccc(F)cc2)CC1. The second-order valence-corrected chi connectivity index (χ2v) is 8.02. The first-order valence-corrected chi connectivity index (χ1v) is 10.1. The molecule has 2 saturated heterocycles. The van der Waals surface area contributed by atoms with E-state index in [0.717, 1.165) is 43.8 Å². The van der Waals surface area contributed by atoms with Crippen molar-refractivity contribution in [1.29, 1.82) is 0 Å². The van der Waals surface area contributed by atoms with E-state index < -0.39 is 5.60 Å². The third kappa shape index (κ3) is 4.13. The largest absolute Gasteiger partial charge is 0.468 e. The van der Waals surface area contributed by atoms with Crippen LogP contribution in [0.3, 0.4) is 0 Å². The highest BCUT2D eigenvalue weighted by molar-refractivity contribution is 5.79. The van der Waals surface area contributed by atoms with Gasteiger partial charge in [-0.3, -0.25) is 9.69 Å². The molecule has 2 aliphatic heterocycles. The zero-order valence-electron chi connectivity index (χ0n) is 16.0. The van der Waals surface area contributed by atoms with Gasteiger partial charge in [-0.05, 0) is 62.1 Å². The van der Waals surface area contributed by atoms with E-state index in [1.54, 1.807) is 18.4 Å². The minimum Gasteiger partial charge on any atom is -0.468 e. The molecular weight excluding hydrogens is 359 g/mol. The summed E-state index contributed by atoms with van der Waals surface area (Å²) in [6.07, 6.45) is 4.55. The van der Waals surface area contributed by atoms with Crippen LogP contribution in [-0.2, 0) is 16.9 Å². The van der Waals surface area contributed by atoms with Gasteiger partial charge in [-0.2, -0.15) is 0 Å². The van der Waals surface area contributed by atoms with Gasteiger partial charge in [-0.25, -0.2) is 4.39 Å². The van der Waals surface area contributed by atoms with Crippen molar-refractivity contribution in [3.8, 4) is 0 Å². The normalized spacial score (nSPS) is 22.9. The minimum absolute atomic E-state index is 0.000672. The van der Waals surface area contributed by atoms with Gasteiger partial charge in [0, 0.05) is 19.6 Å². The number of benzene rings is 1. The van der Waals surface area contributed by atoms with Crippen LogP contribution in [-0.4, -0.2) is 47.0 Å². The van der Waals surface area contributed by atoms with Gasteiger partial charge in [-0.1, -0.05) is 12.1 Å². The Hall–Kier alpha value is -2.18. The van der Waals surface area contributed by atoms with Crippen LogP contribution in [0.25, 0.3) is 0 Å². The Bertz CT molecular complexity index is 783. The van der Waals surface area contributed by atoms with Crippen LogP contribution < -0.4 is 0 Å². The summed E-state index contributed by atoms with van der Waals surface area (Å²) in [6.45, 7) is 3.52. The number of amides is 1. The molecule has 0 aliphatic carbocycles. The van der Waals surface area contributed by atoms with Gasteiger partial charge >= 0.3 is 0 Å². The van der Waals surface area contributed by atoms with Crippen molar-refractivity contribution in [1.82, 2.24) is 9.80 Å². The van der Waals surface area contributed by atoms with E-state index in [4.69, 9.17) is 4.42 Å². The third-order valence-corrected chi connectivity index (χ3v) is 6.10. The number of carbonyl (C=O) groups is 1. The van der Waals surface area contributed by atoms with Crippen molar-refractivity contribution in [3.05, 3.63) is 59.8 Å². The van der Waals surface area contributed by atoms with E-state index in [0.29, 0.717) is 25.9 Å². The topological polar surface area (TPSA) is 56.9 Å². The van der Waals surface area contributed by atoms with Gasteiger partial charge in [0.05, 0.1) is 24.3 Å². The van der Waals surface area contributed by atoms with Gasteiger partial charge in [0.2, 0.25) is 5.91 Å². The molecule has 2 aliphatic rings. The van der Waals surface area contributed by atoms with Crippen molar-refractivity contribution < 1.29 is 18.7 Å². The van der Waals surface area contributed by atoms with E-state index in [2.05, 4.69) is 4.90 Å². The Morgan fingerprint density at radius 2 is 1.93 bits per heavy atom. The van der Waals surface area contributed by atoms with Crippen molar-refractivity contribution >= 4 is 5.91 Å². The summed E-state index contributed by atoms with van der Waals surface area (Å²) in [5, 5.41) is 11.0. The lowest BCUT2D eigenvalue weighted by Crippen LogP contribution is -2.50. The summed E-state index contributed by atoms with van der Waals surface area (Å²) < 4.78 is 18.6. The fraction of sp³-hybridized carbons (Fsp3) is 0.500. The number of hydrogen-bond donors (Lipinski definition) is 1. The predicted octanol–water partition coefficient (Wildman–Crippen LogP) is 3.14. The van der Waals surface area contributed by atoms with Crippen LogP contribution in [0.4, 0.5) is 4.39 Å². The molecule has 1 N–H and O–H groups in total. The Morgan fingerprint density at radius 3 is 2.61 bits per heavy atom. The monoisotopic (exact) mass is 386 g/mol. The molecule has 1 aromatic heterocycles. The van der Waals surface area contributed by atoms with E-state index in [1.165, 1.54) is 12.1 Å². The van der Waals surface area contributed by atoms with E-state index >= 15 is 0 Å². The van der Waals surface area contributed by atoms with Gasteiger partial charge < -0.3 is 14.4 Å². The highest BCUT2D eigenvalue weighted by atomic mass is 19.1. The maximum absolute atomic E-state index is 13.2. The van der Waals surface area contributed by atoms with Crippen molar-refractivity contribution in [2.45, 2.75) is 37.8 Å². The lowest BCUT2D eigenvalue weighted by atomic mass is 9.84. The Balaban J connectivity index is 1.33. The number of furan rings is 1. The summed E-state index contributed by atoms with van der Waals surface area (Å²) in [4.78, 5) is 17.2. The number of piperidine rings is 2. The number of nitrogens with zero attached hydrogens (tertiary/aromatic N) is 2. The lowest BCUT2D eigenvalue weighted by Gasteiger charge is -2.41. The standard InChI is InChI=1S/C22H27FN2O3/c23-19-7-5-18(6-8-19)22(27)9-12-25(13-10-22)21(26)17-3-1-11-24(15-17)16-20-4-2-14-28-20/h2,4-8,14,17,27H,1,3,9-13,15-16H2/t17-/m0/s1. The molecule has 1 aromatic carbocycles. The van der Waals surface area contributed by atoms with E-state index in [9.17, 15) is 14.3 Å². The molecule has 0 bridgehead atoms. The first-order valence-electron chi connectivity index (χ1n) is 10.1. The number of likely N-dealkylation sites (tertiary alicyclic amines) is 2. The summed E-state index contributed by atoms with van der Waals surface area (Å²) in [5.41, 5.74) is -0.258. The minimum atomic E-state index is -0.984. The van der Waals surface area contributed by atoms with Crippen LogP contribution in [0.2, 0.25) is 0 Å². The number of aliphatic hydroxyl groups is 1. The zero-order valence-corrected chi connectivity index (χ0v) is 16.0. The zero-order chi connectivity index (χ0) is 19.6. The molecule has 4 rings (SSSR count). The molecule has 0 unspecified atom stereocenters. The highest BCUT2D eigenvalue weighted by Gasteiger charge is 2.37. The third-order valence-electron chi connectivity index (χ3n) is 6.10. The summed E-state index contributed by atoms with van der Waals surface area (Å²) in [7, 11) is 0. The van der Waals surface area contributed by atoms with Crippen LogP contribution in [0.15, 0.2) is 47.1 Å². The van der Waals surface area contributed by atoms with Gasteiger partial charge in [-0.15, -0.1) is 0 Å². The van der Waals surface area contributed by atoms with Crippen molar-refractivity contribution in [3.63, 3.8) is 0 Å². The second-order valence-electron chi connectivity index (χ2n) is 8.02. The second kappa shape index (κ2) is 8.05. The Labute approximate surface area is 164 Å². The average molecular weight is 386 g/mol. The first kappa shape index (κ1) is 19.2. The molecule has 0 radical (unpaired) electrons. The smallest absolute Gasteiger partial charge is 0.226 e. The molecule has 0 spiro atoms. The molecule has 6 heteroatoms. The molecule has 2 aromatic rings. The molecule has 1 atom stereocenters. The molecule has 28 heavy (non-hydrogen) atoms.